The smallest absolute Gasteiger partial charge is 0.234 e. The van der Waals surface area contributed by atoms with Gasteiger partial charge in [-0.3, -0.25) is 4.79 Å². The standard InChI is InChI=1S/C16H14BrClN4OS2/c1-9-5-10(7-24-9)15-20-21-16(22(15)2)25-8-14(23)19-13-4-3-11(17)6-12(13)18/h3-7H,8H2,1-2H3,(H,19,23). The molecule has 0 fully saturated rings. The number of hydrogen-bond acceptors (Lipinski definition) is 5. The maximum absolute atomic E-state index is 12.2. The van der Waals surface area contributed by atoms with Gasteiger partial charge in [-0.2, -0.15) is 0 Å². The number of nitrogens with zero attached hydrogens (tertiary/aromatic N) is 3. The molecule has 0 aliphatic carbocycles. The third kappa shape index (κ3) is 4.44. The topological polar surface area (TPSA) is 59.8 Å². The molecule has 0 atom stereocenters. The van der Waals surface area contributed by atoms with Gasteiger partial charge >= 0.3 is 0 Å². The molecule has 2 heterocycles. The van der Waals surface area contributed by atoms with Gasteiger partial charge in [0.05, 0.1) is 16.5 Å². The largest absolute Gasteiger partial charge is 0.324 e. The van der Waals surface area contributed by atoms with Crippen molar-refractivity contribution in [3.8, 4) is 11.4 Å². The fraction of sp³-hybridized carbons (Fsp3) is 0.188. The molecule has 25 heavy (non-hydrogen) atoms. The van der Waals surface area contributed by atoms with E-state index in [9.17, 15) is 4.79 Å². The number of halogens is 2. The van der Waals surface area contributed by atoms with Gasteiger partial charge in [0.1, 0.15) is 0 Å². The molecule has 0 aliphatic heterocycles. The highest BCUT2D eigenvalue weighted by Gasteiger charge is 2.14. The van der Waals surface area contributed by atoms with E-state index in [1.165, 1.54) is 16.6 Å². The van der Waals surface area contributed by atoms with Crippen LogP contribution < -0.4 is 5.32 Å². The van der Waals surface area contributed by atoms with Crippen LogP contribution in [0.15, 0.2) is 39.3 Å². The zero-order valence-electron chi connectivity index (χ0n) is 13.4. The molecule has 9 heteroatoms. The number of nitrogens with one attached hydrogen (secondary N) is 1. The second kappa shape index (κ2) is 7.90. The lowest BCUT2D eigenvalue weighted by Gasteiger charge is -2.07. The van der Waals surface area contributed by atoms with Crippen LogP contribution in [0.3, 0.4) is 0 Å². The fourth-order valence-electron chi connectivity index (χ4n) is 2.16. The summed E-state index contributed by atoms with van der Waals surface area (Å²) in [6, 6.07) is 7.40. The number of anilines is 1. The van der Waals surface area contributed by atoms with Gasteiger partial charge < -0.3 is 9.88 Å². The fourth-order valence-corrected chi connectivity index (χ4v) is 4.27. The molecule has 130 valence electrons. The first-order valence-electron chi connectivity index (χ1n) is 7.26. The number of aromatic nitrogens is 3. The van der Waals surface area contributed by atoms with Crippen LogP contribution in [0, 0.1) is 6.92 Å². The quantitative estimate of drug-likeness (QED) is 0.548. The van der Waals surface area contributed by atoms with Gasteiger partial charge in [0.15, 0.2) is 11.0 Å². The van der Waals surface area contributed by atoms with Gasteiger partial charge in [0.2, 0.25) is 5.91 Å². The molecule has 0 radical (unpaired) electrons. The predicted molar refractivity (Wildman–Crippen MR) is 108 cm³/mol. The Morgan fingerprint density at radius 1 is 1.40 bits per heavy atom. The van der Waals surface area contributed by atoms with Gasteiger partial charge in [-0.25, -0.2) is 0 Å². The van der Waals surface area contributed by atoms with Crippen molar-refractivity contribution in [2.45, 2.75) is 12.1 Å². The monoisotopic (exact) mass is 456 g/mol. The summed E-state index contributed by atoms with van der Waals surface area (Å²) in [7, 11) is 1.90. The normalized spacial score (nSPS) is 10.9. The summed E-state index contributed by atoms with van der Waals surface area (Å²) >= 11 is 12.5. The zero-order chi connectivity index (χ0) is 18.0. The van der Waals surface area contributed by atoms with Crippen LogP contribution in [-0.2, 0) is 11.8 Å². The molecule has 0 saturated carbocycles. The van der Waals surface area contributed by atoms with Crippen LogP contribution in [0.25, 0.3) is 11.4 Å². The van der Waals surface area contributed by atoms with E-state index in [-0.39, 0.29) is 11.7 Å². The number of hydrogen-bond donors (Lipinski definition) is 1. The minimum Gasteiger partial charge on any atom is -0.324 e. The Morgan fingerprint density at radius 2 is 2.20 bits per heavy atom. The molecular formula is C16H14BrClN4OS2. The van der Waals surface area contributed by atoms with E-state index in [1.54, 1.807) is 23.5 Å². The molecule has 1 amide bonds. The number of thiophene rings is 1. The molecular weight excluding hydrogens is 444 g/mol. The van der Waals surface area contributed by atoms with Gasteiger partial charge in [0.25, 0.3) is 0 Å². The van der Waals surface area contributed by atoms with E-state index >= 15 is 0 Å². The predicted octanol–water partition coefficient (Wildman–Crippen LogP) is 5.00. The van der Waals surface area contributed by atoms with Crippen molar-refractivity contribution >= 4 is 62.2 Å². The van der Waals surface area contributed by atoms with E-state index in [0.29, 0.717) is 15.9 Å². The first kappa shape index (κ1) is 18.4. The maximum Gasteiger partial charge on any atom is 0.234 e. The number of carbonyl (C=O) groups is 1. The van der Waals surface area contributed by atoms with Crippen molar-refractivity contribution < 1.29 is 4.79 Å². The van der Waals surface area contributed by atoms with Crippen molar-refractivity contribution in [3.05, 3.63) is 44.0 Å². The van der Waals surface area contributed by atoms with Crippen molar-refractivity contribution in [1.82, 2.24) is 14.8 Å². The maximum atomic E-state index is 12.2. The van der Waals surface area contributed by atoms with Crippen molar-refractivity contribution in [3.63, 3.8) is 0 Å². The Bertz CT molecular complexity index is 925. The van der Waals surface area contributed by atoms with Gasteiger partial charge in [-0.05, 0) is 31.2 Å². The number of rotatable bonds is 5. The third-order valence-electron chi connectivity index (χ3n) is 3.36. The summed E-state index contributed by atoms with van der Waals surface area (Å²) in [6.45, 7) is 2.05. The molecule has 1 aromatic carbocycles. The van der Waals surface area contributed by atoms with Gasteiger partial charge in [-0.15, -0.1) is 21.5 Å². The Kier molecular flexibility index (Phi) is 5.83. The Morgan fingerprint density at radius 3 is 2.88 bits per heavy atom. The molecule has 0 spiro atoms. The van der Waals surface area contributed by atoms with Gasteiger partial charge in [-0.1, -0.05) is 39.3 Å². The lowest BCUT2D eigenvalue weighted by molar-refractivity contribution is -0.113. The second-order valence-electron chi connectivity index (χ2n) is 5.27. The number of thioether (sulfide) groups is 1. The first-order valence-corrected chi connectivity index (χ1v) is 10.3. The highest BCUT2D eigenvalue weighted by molar-refractivity contribution is 9.10. The van der Waals surface area contributed by atoms with E-state index < -0.39 is 0 Å². The Balaban J connectivity index is 1.63. The molecule has 0 bridgehead atoms. The molecule has 3 aromatic rings. The SMILES string of the molecule is Cc1cc(-c2nnc(SCC(=O)Nc3ccc(Br)cc3Cl)n2C)cs1. The van der Waals surface area contributed by atoms with Crippen molar-refractivity contribution in [1.29, 1.82) is 0 Å². The lowest BCUT2D eigenvalue weighted by atomic mass is 10.3. The van der Waals surface area contributed by atoms with Crippen LogP contribution in [0.4, 0.5) is 5.69 Å². The molecule has 5 nitrogen and oxygen atoms in total. The summed E-state index contributed by atoms with van der Waals surface area (Å²) in [6.07, 6.45) is 0. The van der Waals surface area contributed by atoms with Crippen molar-refractivity contribution in [2.24, 2.45) is 7.05 Å². The lowest BCUT2D eigenvalue weighted by Crippen LogP contribution is -2.14. The average molecular weight is 458 g/mol. The zero-order valence-corrected chi connectivity index (χ0v) is 17.4. The van der Waals surface area contributed by atoms with E-state index in [0.717, 1.165) is 15.9 Å². The summed E-state index contributed by atoms with van der Waals surface area (Å²) in [5.41, 5.74) is 1.62. The molecule has 0 aliphatic rings. The molecule has 3 rings (SSSR count). The summed E-state index contributed by atoms with van der Waals surface area (Å²) < 4.78 is 2.76. The number of amides is 1. The Hall–Kier alpha value is -1.35. The van der Waals surface area contributed by atoms with Crippen LogP contribution in [0.1, 0.15) is 4.88 Å². The van der Waals surface area contributed by atoms with Crippen molar-refractivity contribution in [2.75, 3.05) is 11.1 Å². The molecule has 0 saturated heterocycles. The first-order chi connectivity index (χ1) is 11.9. The summed E-state index contributed by atoms with van der Waals surface area (Å²) in [5, 5.41) is 14.4. The van der Waals surface area contributed by atoms with Crippen LogP contribution >= 0.6 is 50.6 Å². The van der Waals surface area contributed by atoms with E-state index in [1.807, 2.05) is 17.7 Å². The summed E-state index contributed by atoms with van der Waals surface area (Å²) in [4.78, 5) is 13.4. The Labute approximate surface area is 166 Å². The van der Waals surface area contributed by atoms with E-state index in [4.69, 9.17) is 11.6 Å². The van der Waals surface area contributed by atoms with Crippen LogP contribution in [-0.4, -0.2) is 26.4 Å². The second-order valence-corrected chi connectivity index (χ2v) is 8.65. The third-order valence-corrected chi connectivity index (χ3v) is 6.05. The summed E-state index contributed by atoms with van der Waals surface area (Å²) in [5.74, 6) is 0.870. The molecule has 1 N–H and O–H groups in total. The van der Waals surface area contributed by atoms with Crippen LogP contribution in [0.5, 0.6) is 0 Å². The molecule has 2 aromatic heterocycles. The van der Waals surface area contributed by atoms with Crippen LogP contribution in [0.2, 0.25) is 5.02 Å². The highest BCUT2D eigenvalue weighted by atomic mass is 79.9. The highest BCUT2D eigenvalue weighted by Crippen LogP contribution is 2.28. The average Bonchev–Trinajstić information content (AvgIpc) is 3.14. The minimum atomic E-state index is -0.148. The number of aryl methyl sites for hydroxylation is 1. The molecule has 0 unspecified atom stereocenters. The number of benzene rings is 1. The van der Waals surface area contributed by atoms with Gasteiger partial charge in [0, 0.05) is 27.3 Å². The minimum absolute atomic E-state index is 0.148. The van der Waals surface area contributed by atoms with E-state index in [2.05, 4.69) is 49.8 Å². The number of carbonyl (C=O) groups excluding carboxylic acids is 1.